The van der Waals surface area contributed by atoms with Crippen LogP contribution in [0.2, 0.25) is 0 Å². The molecule has 1 aromatic heterocycles. The molecule has 0 saturated heterocycles. The quantitative estimate of drug-likeness (QED) is 0.727. The average molecular weight is 227 g/mol. The second kappa shape index (κ2) is 4.91. The zero-order chi connectivity index (χ0) is 12.3. The number of methoxy groups -OCH3 is 1. The Morgan fingerprint density at radius 1 is 1.24 bits per heavy atom. The Morgan fingerprint density at radius 3 is 2.53 bits per heavy atom. The fraction of sp³-hybridized carbons (Fsp3) is 0.200. The van der Waals surface area contributed by atoms with Crippen molar-refractivity contribution in [2.45, 2.75) is 13.5 Å². The number of aryl methyl sites for hydroxylation is 1. The van der Waals surface area contributed by atoms with E-state index >= 15 is 0 Å². The number of allylic oxidation sites excluding steroid dienone is 1. The largest absolute Gasteiger partial charge is 0.497 e. The first-order valence-corrected chi connectivity index (χ1v) is 5.66. The third-order valence-corrected chi connectivity index (χ3v) is 2.82. The van der Waals surface area contributed by atoms with Gasteiger partial charge in [-0.3, -0.25) is 0 Å². The molecule has 0 unspecified atom stereocenters. The Kier molecular flexibility index (Phi) is 3.33. The minimum Gasteiger partial charge on any atom is -0.497 e. The maximum atomic E-state index is 5.16. The van der Waals surface area contributed by atoms with Gasteiger partial charge in [0.2, 0.25) is 0 Å². The first kappa shape index (κ1) is 11.5. The van der Waals surface area contributed by atoms with E-state index in [1.54, 1.807) is 7.11 Å². The minimum atomic E-state index is 0.844. The van der Waals surface area contributed by atoms with Gasteiger partial charge in [-0.1, -0.05) is 18.2 Å². The molecule has 2 heteroatoms. The summed E-state index contributed by atoms with van der Waals surface area (Å²) in [4.78, 5) is 0. The third-order valence-electron chi connectivity index (χ3n) is 2.82. The van der Waals surface area contributed by atoms with E-state index in [0.29, 0.717) is 0 Å². The highest BCUT2D eigenvalue weighted by Crippen LogP contribution is 2.26. The molecule has 0 spiro atoms. The Bertz CT molecular complexity index is 508. The summed E-state index contributed by atoms with van der Waals surface area (Å²) in [5.41, 5.74) is 3.75. The zero-order valence-corrected chi connectivity index (χ0v) is 10.3. The van der Waals surface area contributed by atoms with E-state index in [4.69, 9.17) is 4.74 Å². The van der Waals surface area contributed by atoms with Crippen LogP contribution in [0.4, 0.5) is 0 Å². The van der Waals surface area contributed by atoms with E-state index in [1.807, 2.05) is 18.2 Å². The number of hydrogen-bond acceptors (Lipinski definition) is 1. The van der Waals surface area contributed by atoms with Crippen LogP contribution in [0.25, 0.3) is 11.1 Å². The Balaban J connectivity index is 2.34. The number of nitrogens with zero attached hydrogens (tertiary/aromatic N) is 1. The molecule has 88 valence electrons. The third kappa shape index (κ3) is 2.41. The molecule has 2 rings (SSSR count). The van der Waals surface area contributed by atoms with Gasteiger partial charge < -0.3 is 9.30 Å². The molecule has 0 N–H and O–H groups in total. The van der Waals surface area contributed by atoms with Crippen LogP contribution < -0.4 is 4.74 Å². The molecule has 17 heavy (non-hydrogen) atoms. The van der Waals surface area contributed by atoms with Gasteiger partial charge >= 0.3 is 0 Å². The van der Waals surface area contributed by atoms with Gasteiger partial charge in [0.1, 0.15) is 5.75 Å². The van der Waals surface area contributed by atoms with Crippen LogP contribution in [0.5, 0.6) is 5.75 Å². The summed E-state index contributed by atoms with van der Waals surface area (Å²) in [6, 6.07) is 8.14. The van der Waals surface area contributed by atoms with Crippen LogP contribution in [-0.2, 0) is 6.54 Å². The Hall–Kier alpha value is -1.96. The second-order valence-corrected chi connectivity index (χ2v) is 4.07. The van der Waals surface area contributed by atoms with E-state index in [-0.39, 0.29) is 0 Å². The predicted molar refractivity (Wildman–Crippen MR) is 71.4 cm³/mol. The molecule has 0 atom stereocenters. The number of ether oxygens (including phenoxy) is 1. The average Bonchev–Trinajstić information content (AvgIpc) is 2.71. The lowest BCUT2D eigenvalue weighted by atomic mass is 10.1. The molecule has 0 radical (unpaired) electrons. The summed E-state index contributed by atoms with van der Waals surface area (Å²) in [5.74, 6) is 0.886. The maximum absolute atomic E-state index is 5.16. The SMILES string of the molecule is C=CCn1cc(C)c(-c2ccc(OC)cc2)c1. The minimum absolute atomic E-state index is 0.844. The van der Waals surface area contributed by atoms with E-state index in [2.05, 4.69) is 42.6 Å². The molecule has 0 fully saturated rings. The molecule has 0 bridgehead atoms. The van der Waals surface area contributed by atoms with Crippen molar-refractivity contribution in [3.63, 3.8) is 0 Å². The molecule has 0 aliphatic carbocycles. The van der Waals surface area contributed by atoms with Crippen molar-refractivity contribution in [3.05, 3.63) is 54.9 Å². The fourth-order valence-electron chi connectivity index (χ4n) is 1.95. The van der Waals surface area contributed by atoms with E-state index in [1.165, 1.54) is 16.7 Å². The van der Waals surface area contributed by atoms with Crippen LogP contribution in [0.15, 0.2) is 49.3 Å². The lowest BCUT2D eigenvalue weighted by Crippen LogP contribution is -1.88. The highest BCUT2D eigenvalue weighted by molar-refractivity contribution is 5.67. The monoisotopic (exact) mass is 227 g/mol. The van der Waals surface area contributed by atoms with Crippen LogP contribution >= 0.6 is 0 Å². The van der Waals surface area contributed by atoms with E-state index in [0.717, 1.165) is 12.3 Å². The summed E-state index contributed by atoms with van der Waals surface area (Å²) in [5, 5.41) is 0. The summed E-state index contributed by atoms with van der Waals surface area (Å²) < 4.78 is 7.30. The lowest BCUT2D eigenvalue weighted by molar-refractivity contribution is 0.415. The molecule has 2 nitrogen and oxygen atoms in total. The van der Waals surface area contributed by atoms with Crippen LogP contribution in [0.3, 0.4) is 0 Å². The van der Waals surface area contributed by atoms with Gasteiger partial charge in [0, 0.05) is 24.5 Å². The number of aromatic nitrogens is 1. The summed E-state index contributed by atoms with van der Waals surface area (Å²) in [7, 11) is 1.68. The summed E-state index contributed by atoms with van der Waals surface area (Å²) in [6.45, 7) is 6.72. The summed E-state index contributed by atoms with van der Waals surface area (Å²) >= 11 is 0. The first-order chi connectivity index (χ1) is 8.24. The lowest BCUT2D eigenvalue weighted by Gasteiger charge is -2.02. The fourth-order valence-corrected chi connectivity index (χ4v) is 1.95. The van der Waals surface area contributed by atoms with Crippen molar-refractivity contribution < 1.29 is 4.74 Å². The molecule has 1 aromatic carbocycles. The van der Waals surface area contributed by atoms with Gasteiger partial charge in [-0.2, -0.15) is 0 Å². The molecule has 2 aromatic rings. The maximum Gasteiger partial charge on any atom is 0.118 e. The molecule has 0 aliphatic rings. The van der Waals surface area contributed by atoms with Crippen LogP contribution in [0, 0.1) is 6.92 Å². The highest BCUT2D eigenvalue weighted by Gasteiger charge is 2.05. The predicted octanol–water partition coefficient (Wildman–Crippen LogP) is 3.66. The highest BCUT2D eigenvalue weighted by atomic mass is 16.5. The normalized spacial score (nSPS) is 10.2. The molecule has 0 amide bonds. The molecular formula is C15H17NO. The van der Waals surface area contributed by atoms with Gasteiger partial charge in [0.05, 0.1) is 7.11 Å². The standard InChI is InChI=1S/C15H17NO/c1-4-9-16-10-12(2)15(11-16)13-5-7-14(17-3)8-6-13/h4-8,10-11H,1,9H2,2-3H3. The zero-order valence-electron chi connectivity index (χ0n) is 10.3. The smallest absolute Gasteiger partial charge is 0.118 e. The van der Waals surface area contributed by atoms with E-state index in [9.17, 15) is 0 Å². The van der Waals surface area contributed by atoms with Gasteiger partial charge in [-0.05, 0) is 30.2 Å². The first-order valence-electron chi connectivity index (χ1n) is 5.66. The van der Waals surface area contributed by atoms with Gasteiger partial charge in [0.25, 0.3) is 0 Å². The van der Waals surface area contributed by atoms with Crippen LogP contribution in [0.1, 0.15) is 5.56 Å². The van der Waals surface area contributed by atoms with Crippen molar-refractivity contribution in [1.82, 2.24) is 4.57 Å². The molecule has 0 aliphatic heterocycles. The Morgan fingerprint density at radius 2 is 1.94 bits per heavy atom. The topological polar surface area (TPSA) is 14.2 Å². The van der Waals surface area contributed by atoms with Gasteiger partial charge in [-0.15, -0.1) is 6.58 Å². The molecule has 1 heterocycles. The van der Waals surface area contributed by atoms with Crippen molar-refractivity contribution in [2.24, 2.45) is 0 Å². The van der Waals surface area contributed by atoms with Crippen molar-refractivity contribution >= 4 is 0 Å². The second-order valence-electron chi connectivity index (χ2n) is 4.07. The van der Waals surface area contributed by atoms with Crippen molar-refractivity contribution in [2.75, 3.05) is 7.11 Å². The number of hydrogen-bond donors (Lipinski definition) is 0. The number of rotatable bonds is 4. The van der Waals surface area contributed by atoms with Crippen LogP contribution in [-0.4, -0.2) is 11.7 Å². The molecular weight excluding hydrogens is 210 g/mol. The summed E-state index contributed by atoms with van der Waals surface area (Å²) in [6.07, 6.45) is 6.19. The van der Waals surface area contributed by atoms with E-state index < -0.39 is 0 Å². The van der Waals surface area contributed by atoms with Crippen molar-refractivity contribution in [3.8, 4) is 16.9 Å². The van der Waals surface area contributed by atoms with Gasteiger partial charge in [-0.25, -0.2) is 0 Å². The molecule has 0 saturated carbocycles. The van der Waals surface area contributed by atoms with Crippen molar-refractivity contribution in [1.29, 1.82) is 0 Å². The number of benzene rings is 1. The van der Waals surface area contributed by atoms with Gasteiger partial charge in [0.15, 0.2) is 0 Å². The Labute approximate surface area is 102 Å².